The van der Waals surface area contributed by atoms with Gasteiger partial charge in [-0.25, -0.2) is 0 Å². The standard InChI is InChI=1S/C10H16NO3.2C2H6.Y/c1-3-8(12)10(9(13)14)4-6-11(2)7-5-10;2*1-2;/h2-7H2,1H3,(H,13,14);2*1-2H3;/q-1;;;. The van der Waals surface area contributed by atoms with Crippen molar-refractivity contribution in [1.29, 1.82) is 0 Å². The third-order valence-corrected chi connectivity index (χ3v) is 2.97. The van der Waals surface area contributed by atoms with Gasteiger partial charge in [-0.1, -0.05) is 34.6 Å². The number of piperidine rings is 1. The number of nitrogens with zero attached hydrogens (tertiary/aromatic N) is 1. The molecule has 0 unspecified atom stereocenters. The normalized spacial score (nSPS) is 16.7. The molecular weight excluding hydrogens is 319 g/mol. The van der Waals surface area contributed by atoms with Gasteiger partial charge in [-0.3, -0.25) is 16.6 Å². The second-order valence-electron chi connectivity index (χ2n) is 3.78. The Balaban J connectivity index is -0.000000467. The van der Waals surface area contributed by atoms with Gasteiger partial charge in [0.2, 0.25) is 0 Å². The fourth-order valence-electron chi connectivity index (χ4n) is 1.89. The van der Waals surface area contributed by atoms with Crippen LogP contribution in [-0.4, -0.2) is 34.8 Å². The Hall–Kier alpha value is 0.204. The second kappa shape index (κ2) is 13.2. The molecule has 0 bridgehead atoms. The summed E-state index contributed by atoms with van der Waals surface area (Å²) in [5.41, 5.74) is -1.14. The van der Waals surface area contributed by atoms with Gasteiger partial charge in [0.15, 0.2) is 0 Å². The summed E-state index contributed by atoms with van der Waals surface area (Å²) in [6.45, 7) is 10.9. The van der Waals surface area contributed by atoms with Crippen LogP contribution < -0.4 is 0 Å². The van der Waals surface area contributed by atoms with E-state index in [0.29, 0.717) is 32.4 Å². The average molecular weight is 347 g/mol. The molecule has 0 aliphatic carbocycles. The molecule has 1 N–H and O–H groups in total. The molecule has 1 heterocycles. The number of carbonyl (C=O) groups excluding carboxylic acids is 1. The predicted octanol–water partition coefficient (Wildman–Crippen LogP) is 2.97. The van der Waals surface area contributed by atoms with E-state index in [0.717, 1.165) is 0 Å². The van der Waals surface area contributed by atoms with Crippen molar-refractivity contribution in [3.05, 3.63) is 7.05 Å². The molecule has 1 radical (unpaired) electrons. The van der Waals surface area contributed by atoms with Gasteiger partial charge in [0, 0.05) is 39.1 Å². The van der Waals surface area contributed by atoms with Crippen LogP contribution in [0.2, 0.25) is 0 Å². The minimum atomic E-state index is -1.14. The van der Waals surface area contributed by atoms with Crippen LogP contribution in [-0.2, 0) is 42.3 Å². The van der Waals surface area contributed by atoms with Gasteiger partial charge < -0.3 is 10.0 Å². The van der Waals surface area contributed by atoms with E-state index in [1.54, 1.807) is 6.92 Å². The quantitative estimate of drug-likeness (QED) is 0.630. The third-order valence-electron chi connectivity index (χ3n) is 2.97. The summed E-state index contributed by atoms with van der Waals surface area (Å²) in [4.78, 5) is 24.6. The fraction of sp³-hybridized carbons (Fsp3) is 0.786. The Morgan fingerprint density at radius 3 is 1.79 bits per heavy atom. The number of ketones is 1. The molecule has 0 aromatic carbocycles. The third kappa shape index (κ3) is 6.96. The summed E-state index contributed by atoms with van der Waals surface area (Å²) in [5, 5.41) is 9.12. The van der Waals surface area contributed by atoms with Crippen LogP contribution in [0.25, 0.3) is 0 Å². The van der Waals surface area contributed by atoms with Crippen molar-refractivity contribution in [2.45, 2.75) is 53.9 Å². The first kappa shape index (κ1) is 24.2. The molecule has 1 rings (SSSR count). The molecule has 0 aromatic rings. The maximum Gasteiger partial charge on any atom is 0.317 e. The average Bonchev–Trinajstić information content (AvgIpc) is 2.43. The van der Waals surface area contributed by atoms with E-state index in [9.17, 15) is 9.59 Å². The smallest absolute Gasteiger partial charge is 0.317 e. The minimum Gasteiger partial charge on any atom is -0.480 e. The van der Waals surface area contributed by atoms with Gasteiger partial charge in [-0.15, -0.1) is 0 Å². The molecule has 0 atom stereocenters. The van der Waals surface area contributed by atoms with Crippen molar-refractivity contribution in [1.82, 2.24) is 4.90 Å². The topological polar surface area (TPSA) is 57.6 Å². The van der Waals surface area contributed by atoms with Crippen LogP contribution in [0.15, 0.2) is 0 Å². The molecule has 1 aliphatic heterocycles. The van der Waals surface area contributed by atoms with E-state index in [1.807, 2.05) is 32.6 Å². The van der Waals surface area contributed by atoms with E-state index >= 15 is 0 Å². The van der Waals surface area contributed by atoms with E-state index in [1.165, 1.54) is 0 Å². The molecule has 111 valence electrons. The molecule has 1 fully saturated rings. The number of hydrogen-bond acceptors (Lipinski definition) is 3. The number of carbonyl (C=O) groups is 2. The van der Waals surface area contributed by atoms with E-state index in [-0.39, 0.29) is 38.5 Å². The molecule has 5 heteroatoms. The number of likely N-dealkylation sites (tertiary alicyclic amines) is 1. The van der Waals surface area contributed by atoms with E-state index in [4.69, 9.17) is 5.11 Å². The maximum atomic E-state index is 11.6. The molecule has 1 aliphatic rings. The number of aliphatic carboxylic acids is 1. The molecule has 0 aromatic heterocycles. The summed E-state index contributed by atoms with van der Waals surface area (Å²) in [5.74, 6) is -1.13. The first-order chi connectivity index (χ1) is 8.53. The molecule has 19 heavy (non-hydrogen) atoms. The predicted molar refractivity (Wildman–Crippen MR) is 74.2 cm³/mol. The van der Waals surface area contributed by atoms with Crippen LogP contribution in [0, 0.1) is 12.5 Å². The van der Waals surface area contributed by atoms with Gasteiger partial charge in [-0.05, 0) is 25.9 Å². The monoisotopic (exact) mass is 347 g/mol. The van der Waals surface area contributed by atoms with Crippen molar-refractivity contribution in [2.75, 3.05) is 13.1 Å². The summed E-state index contributed by atoms with van der Waals surface area (Å²) >= 11 is 0. The largest absolute Gasteiger partial charge is 0.480 e. The zero-order valence-electron chi connectivity index (χ0n) is 13.0. The fourth-order valence-corrected chi connectivity index (χ4v) is 1.89. The number of Topliss-reactive ketones (excluding diaryl/α,β-unsaturated/α-hetero) is 1. The zero-order valence-corrected chi connectivity index (χ0v) is 15.9. The Bertz CT molecular complexity index is 249. The number of hydrogen-bond donors (Lipinski definition) is 1. The second-order valence-corrected chi connectivity index (χ2v) is 3.78. The molecule has 1 saturated heterocycles. The SMILES string of the molecule is CC.CC.[CH2-]N1CCC(C(=O)O)(C(=O)CC)CC1.[Y]. The van der Waals surface area contributed by atoms with Crippen molar-refractivity contribution in [3.8, 4) is 0 Å². The zero-order chi connectivity index (χ0) is 14.8. The van der Waals surface area contributed by atoms with Gasteiger partial charge in [0.25, 0.3) is 0 Å². The minimum absolute atomic E-state index is 0. The van der Waals surface area contributed by atoms with Gasteiger partial charge in [0.1, 0.15) is 11.2 Å². The van der Waals surface area contributed by atoms with E-state index < -0.39 is 11.4 Å². The van der Waals surface area contributed by atoms with Crippen LogP contribution in [0.4, 0.5) is 0 Å². The summed E-state index contributed by atoms with van der Waals surface area (Å²) in [6.07, 6.45) is 1.07. The first-order valence-corrected chi connectivity index (χ1v) is 6.85. The van der Waals surface area contributed by atoms with Crippen LogP contribution >= 0.6 is 0 Å². The summed E-state index contributed by atoms with van der Waals surface area (Å²) in [6, 6.07) is 0. The Morgan fingerprint density at radius 2 is 1.53 bits per heavy atom. The molecule has 0 saturated carbocycles. The van der Waals surface area contributed by atoms with Crippen molar-refractivity contribution >= 4 is 11.8 Å². The molecule has 0 spiro atoms. The van der Waals surface area contributed by atoms with E-state index in [2.05, 4.69) is 7.05 Å². The van der Waals surface area contributed by atoms with Crippen molar-refractivity contribution in [3.63, 3.8) is 0 Å². The van der Waals surface area contributed by atoms with Crippen LogP contribution in [0.5, 0.6) is 0 Å². The van der Waals surface area contributed by atoms with Gasteiger partial charge in [-0.2, -0.15) is 0 Å². The van der Waals surface area contributed by atoms with Crippen molar-refractivity contribution in [2.24, 2.45) is 5.41 Å². The first-order valence-electron chi connectivity index (χ1n) is 6.85. The van der Waals surface area contributed by atoms with Crippen LogP contribution in [0.1, 0.15) is 53.9 Å². The van der Waals surface area contributed by atoms with Crippen LogP contribution in [0.3, 0.4) is 0 Å². The summed E-state index contributed by atoms with van der Waals surface area (Å²) in [7, 11) is 3.74. The Morgan fingerprint density at radius 1 is 1.16 bits per heavy atom. The van der Waals surface area contributed by atoms with Gasteiger partial charge >= 0.3 is 5.97 Å². The summed E-state index contributed by atoms with van der Waals surface area (Å²) < 4.78 is 0. The number of rotatable bonds is 3. The number of carboxylic acid groups (broad SMARTS) is 1. The number of carboxylic acids is 1. The Kier molecular flexibility index (Phi) is 16.8. The van der Waals surface area contributed by atoms with Gasteiger partial charge in [0.05, 0.1) is 0 Å². The maximum absolute atomic E-state index is 11.6. The Labute approximate surface area is 143 Å². The molecule has 4 nitrogen and oxygen atoms in total. The molecule has 0 amide bonds. The molecular formula is C14H28NO3Y-. The van der Waals surface area contributed by atoms with Crippen molar-refractivity contribution < 1.29 is 47.4 Å².